The first-order valence-corrected chi connectivity index (χ1v) is 5.53. The van der Waals surface area contributed by atoms with Crippen molar-refractivity contribution in [2.45, 2.75) is 26.5 Å². The molecule has 0 fully saturated rings. The number of nitrogens with zero attached hydrogens (tertiary/aromatic N) is 1. The Balaban J connectivity index is 2.40. The zero-order valence-corrected chi connectivity index (χ0v) is 9.05. The van der Waals surface area contributed by atoms with Crippen molar-refractivity contribution in [2.75, 3.05) is 13.1 Å². The summed E-state index contributed by atoms with van der Waals surface area (Å²) in [7, 11) is 0. The highest BCUT2D eigenvalue weighted by atomic mass is 32.1. The molecule has 0 aliphatic carbocycles. The van der Waals surface area contributed by atoms with Crippen LogP contribution >= 0.6 is 11.3 Å². The smallest absolute Gasteiger partial charge is 0.0639 e. The average molecular weight is 199 g/mol. The number of aliphatic hydroxyl groups excluding tert-OH is 1. The molecule has 3 heteroatoms. The summed E-state index contributed by atoms with van der Waals surface area (Å²) < 4.78 is 0. The van der Waals surface area contributed by atoms with Gasteiger partial charge in [-0.25, -0.2) is 0 Å². The first-order valence-electron chi connectivity index (χ1n) is 4.65. The molecule has 0 saturated heterocycles. The Morgan fingerprint density at radius 3 is 2.85 bits per heavy atom. The zero-order valence-electron chi connectivity index (χ0n) is 8.23. The fraction of sp³-hybridized carbons (Fsp3) is 0.600. The summed E-state index contributed by atoms with van der Waals surface area (Å²) in [4.78, 5) is 3.61. The first kappa shape index (κ1) is 10.7. The molecule has 1 heterocycles. The lowest BCUT2D eigenvalue weighted by Gasteiger charge is -2.20. The van der Waals surface area contributed by atoms with Crippen molar-refractivity contribution in [1.29, 1.82) is 0 Å². The van der Waals surface area contributed by atoms with Crippen LogP contribution in [0.3, 0.4) is 0 Å². The molecule has 1 aromatic rings. The monoisotopic (exact) mass is 199 g/mol. The lowest BCUT2D eigenvalue weighted by atomic mass is 10.3. The molecule has 0 bridgehead atoms. The molecule has 0 radical (unpaired) electrons. The summed E-state index contributed by atoms with van der Waals surface area (Å²) >= 11 is 1.77. The van der Waals surface area contributed by atoms with Gasteiger partial charge in [0.15, 0.2) is 0 Å². The SMILES string of the molecule is CCN(Cc1cccs1)C[C@H](C)O. The first-order chi connectivity index (χ1) is 6.22. The Labute approximate surface area is 83.8 Å². The van der Waals surface area contributed by atoms with E-state index in [9.17, 15) is 5.11 Å². The Morgan fingerprint density at radius 2 is 2.38 bits per heavy atom. The van der Waals surface area contributed by atoms with E-state index in [1.54, 1.807) is 11.3 Å². The van der Waals surface area contributed by atoms with E-state index >= 15 is 0 Å². The van der Waals surface area contributed by atoms with Gasteiger partial charge in [0.2, 0.25) is 0 Å². The van der Waals surface area contributed by atoms with Crippen LogP contribution in [0.5, 0.6) is 0 Å². The van der Waals surface area contributed by atoms with Gasteiger partial charge in [-0.1, -0.05) is 13.0 Å². The minimum Gasteiger partial charge on any atom is -0.392 e. The van der Waals surface area contributed by atoms with Gasteiger partial charge in [-0.05, 0) is 24.9 Å². The predicted molar refractivity (Wildman–Crippen MR) is 57.0 cm³/mol. The average Bonchev–Trinajstić information content (AvgIpc) is 2.55. The maximum absolute atomic E-state index is 9.24. The van der Waals surface area contributed by atoms with Crippen LogP contribution < -0.4 is 0 Å². The summed E-state index contributed by atoms with van der Waals surface area (Å²) in [5.74, 6) is 0. The molecule has 1 rings (SSSR count). The van der Waals surface area contributed by atoms with Gasteiger partial charge in [0, 0.05) is 18.0 Å². The number of hydrogen-bond donors (Lipinski definition) is 1. The van der Waals surface area contributed by atoms with Crippen LogP contribution in [0.15, 0.2) is 17.5 Å². The van der Waals surface area contributed by atoms with E-state index in [-0.39, 0.29) is 6.10 Å². The largest absolute Gasteiger partial charge is 0.392 e. The van der Waals surface area contributed by atoms with E-state index in [1.165, 1.54) is 4.88 Å². The van der Waals surface area contributed by atoms with Crippen LogP contribution in [-0.2, 0) is 6.54 Å². The summed E-state index contributed by atoms with van der Waals surface area (Å²) in [6, 6.07) is 4.20. The number of aliphatic hydroxyl groups is 1. The fourth-order valence-electron chi connectivity index (χ4n) is 1.30. The highest BCUT2D eigenvalue weighted by molar-refractivity contribution is 7.09. The number of likely N-dealkylation sites (N-methyl/N-ethyl adjacent to an activating group) is 1. The maximum Gasteiger partial charge on any atom is 0.0639 e. The van der Waals surface area contributed by atoms with Crippen LogP contribution in [0.25, 0.3) is 0 Å². The second-order valence-electron chi connectivity index (χ2n) is 3.26. The quantitative estimate of drug-likeness (QED) is 0.783. The molecular weight excluding hydrogens is 182 g/mol. The van der Waals surface area contributed by atoms with E-state index < -0.39 is 0 Å². The van der Waals surface area contributed by atoms with Crippen molar-refractivity contribution in [2.24, 2.45) is 0 Å². The van der Waals surface area contributed by atoms with Crippen LogP contribution in [0, 0.1) is 0 Å². The Hall–Kier alpha value is -0.380. The Kier molecular flexibility index (Phi) is 4.42. The summed E-state index contributed by atoms with van der Waals surface area (Å²) in [6.07, 6.45) is -0.236. The number of thiophene rings is 1. The van der Waals surface area contributed by atoms with Gasteiger partial charge >= 0.3 is 0 Å². The second-order valence-corrected chi connectivity index (χ2v) is 4.29. The highest BCUT2D eigenvalue weighted by Crippen LogP contribution is 2.11. The van der Waals surface area contributed by atoms with Crippen molar-refractivity contribution in [3.05, 3.63) is 22.4 Å². The molecule has 1 N–H and O–H groups in total. The van der Waals surface area contributed by atoms with Gasteiger partial charge in [0.25, 0.3) is 0 Å². The molecule has 0 amide bonds. The maximum atomic E-state index is 9.24. The predicted octanol–water partition coefficient (Wildman–Crippen LogP) is 1.95. The molecule has 13 heavy (non-hydrogen) atoms. The molecule has 2 nitrogen and oxygen atoms in total. The molecule has 0 aliphatic rings. The van der Waals surface area contributed by atoms with E-state index in [1.807, 2.05) is 6.92 Å². The highest BCUT2D eigenvalue weighted by Gasteiger charge is 2.06. The fourth-order valence-corrected chi connectivity index (χ4v) is 2.05. The zero-order chi connectivity index (χ0) is 9.68. The molecule has 1 aromatic heterocycles. The molecule has 0 unspecified atom stereocenters. The van der Waals surface area contributed by atoms with Gasteiger partial charge in [-0.2, -0.15) is 0 Å². The Bertz CT molecular complexity index is 221. The molecular formula is C10H17NOS. The molecule has 0 aromatic carbocycles. The molecule has 74 valence electrons. The Morgan fingerprint density at radius 1 is 1.62 bits per heavy atom. The van der Waals surface area contributed by atoms with Gasteiger partial charge in [-0.3, -0.25) is 4.90 Å². The lowest BCUT2D eigenvalue weighted by molar-refractivity contribution is 0.126. The van der Waals surface area contributed by atoms with Crippen molar-refractivity contribution >= 4 is 11.3 Å². The van der Waals surface area contributed by atoms with E-state index in [2.05, 4.69) is 29.3 Å². The third-order valence-corrected chi connectivity index (χ3v) is 2.79. The summed E-state index contributed by atoms with van der Waals surface area (Å²) in [6.45, 7) is 6.66. The minimum atomic E-state index is -0.236. The lowest BCUT2D eigenvalue weighted by Crippen LogP contribution is -2.30. The minimum absolute atomic E-state index is 0.236. The van der Waals surface area contributed by atoms with E-state index in [4.69, 9.17) is 0 Å². The van der Waals surface area contributed by atoms with Crippen LogP contribution in [0.4, 0.5) is 0 Å². The van der Waals surface area contributed by atoms with Gasteiger partial charge in [-0.15, -0.1) is 11.3 Å². The van der Waals surface area contributed by atoms with Crippen LogP contribution in [-0.4, -0.2) is 29.2 Å². The molecule has 0 spiro atoms. The third kappa shape index (κ3) is 3.89. The molecule has 0 saturated carbocycles. The van der Waals surface area contributed by atoms with Crippen molar-refractivity contribution in [1.82, 2.24) is 4.90 Å². The third-order valence-electron chi connectivity index (χ3n) is 1.93. The standard InChI is InChI=1S/C10H17NOS/c1-3-11(7-9(2)12)8-10-5-4-6-13-10/h4-6,9,12H,3,7-8H2,1-2H3/t9-/m0/s1. The van der Waals surface area contributed by atoms with Crippen molar-refractivity contribution in [3.63, 3.8) is 0 Å². The summed E-state index contributed by atoms with van der Waals surface area (Å²) in [5, 5.41) is 11.3. The van der Waals surface area contributed by atoms with Crippen LogP contribution in [0.2, 0.25) is 0 Å². The molecule has 0 aliphatic heterocycles. The number of hydrogen-bond acceptors (Lipinski definition) is 3. The van der Waals surface area contributed by atoms with E-state index in [0.717, 1.165) is 19.6 Å². The van der Waals surface area contributed by atoms with Crippen LogP contribution in [0.1, 0.15) is 18.7 Å². The van der Waals surface area contributed by atoms with Gasteiger partial charge in [0.05, 0.1) is 6.10 Å². The number of rotatable bonds is 5. The normalized spacial score (nSPS) is 13.5. The topological polar surface area (TPSA) is 23.5 Å². The van der Waals surface area contributed by atoms with Gasteiger partial charge < -0.3 is 5.11 Å². The van der Waals surface area contributed by atoms with Crippen molar-refractivity contribution in [3.8, 4) is 0 Å². The second kappa shape index (κ2) is 5.37. The molecule has 1 atom stereocenters. The van der Waals surface area contributed by atoms with E-state index in [0.29, 0.717) is 0 Å². The summed E-state index contributed by atoms with van der Waals surface area (Å²) in [5.41, 5.74) is 0. The van der Waals surface area contributed by atoms with Gasteiger partial charge in [0.1, 0.15) is 0 Å². The van der Waals surface area contributed by atoms with Crippen molar-refractivity contribution < 1.29 is 5.11 Å².